The van der Waals surface area contributed by atoms with Crippen LogP contribution in [-0.4, -0.2) is 0 Å². The van der Waals surface area contributed by atoms with E-state index in [9.17, 15) is 11.0 Å². The molecule has 0 radical (unpaired) electrons. The Bertz CT molecular complexity index is 3250. The second-order valence-electron chi connectivity index (χ2n) is 14.7. The van der Waals surface area contributed by atoms with Gasteiger partial charge in [-0.05, 0) is 132 Å². The average molecular weight is 724 g/mol. The van der Waals surface area contributed by atoms with E-state index in [1.54, 1.807) is 6.07 Å². The van der Waals surface area contributed by atoms with Gasteiger partial charge in [0.2, 0.25) is 0 Å². The monoisotopic (exact) mass is 723 g/mol. The molecule has 1 aliphatic carbocycles. The highest BCUT2D eigenvalue weighted by Gasteiger charge is 2.35. The molecule has 1 aliphatic rings. The van der Waals surface area contributed by atoms with Crippen molar-refractivity contribution in [3.8, 4) is 55.6 Å². The molecule has 0 saturated carbocycles. The van der Waals surface area contributed by atoms with Gasteiger partial charge in [0.25, 0.3) is 0 Å². The van der Waals surface area contributed by atoms with Gasteiger partial charge in [-0.3, -0.25) is 0 Å². The summed E-state index contributed by atoms with van der Waals surface area (Å²) in [6.07, 6.45) is 0. The molecule has 9 aromatic rings. The first-order chi connectivity index (χ1) is 30.9. The second kappa shape index (κ2) is 13.7. The molecule has 0 spiro atoms. The van der Waals surface area contributed by atoms with Crippen LogP contribution in [0.25, 0.3) is 66.4 Å². The first-order valence-corrected chi connectivity index (χ1v) is 18.9. The fourth-order valence-electron chi connectivity index (χ4n) is 8.15. The van der Waals surface area contributed by atoms with Crippen LogP contribution >= 0.6 is 0 Å². The summed E-state index contributed by atoms with van der Waals surface area (Å²) in [5.74, 6) is 0. The summed E-state index contributed by atoms with van der Waals surface area (Å²) in [6, 6.07) is 49.9. The van der Waals surface area contributed by atoms with Crippen molar-refractivity contribution in [2.45, 2.75) is 19.3 Å². The molecular weight excluding hydrogens is 675 g/mol. The molecule has 0 aromatic heterocycles. The Hall–Kier alpha value is -6.96. The number of rotatable bonds is 7. The highest BCUT2D eigenvalue weighted by molar-refractivity contribution is 5.97. The number of benzene rings is 9. The first-order valence-electron chi connectivity index (χ1n) is 22.9. The second-order valence-corrected chi connectivity index (χ2v) is 14.7. The van der Waals surface area contributed by atoms with Crippen LogP contribution in [0.2, 0.25) is 0 Å². The molecule has 1 nitrogen and oxygen atoms in total. The van der Waals surface area contributed by atoms with Crippen LogP contribution in [0.1, 0.15) is 35.9 Å². The molecule has 0 unspecified atom stereocenters. The van der Waals surface area contributed by atoms with Gasteiger partial charge in [0.05, 0.1) is 11.0 Å². The lowest BCUT2D eigenvalue weighted by Crippen LogP contribution is -2.16. The Balaban J connectivity index is 1.26. The van der Waals surface area contributed by atoms with Crippen LogP contribution in [0.15, 0.2) is 212 Å². The molecule has 9 aromatic carbocycles. The summed E-state index contributed by atoms with van der Waals surface area (Å²) in [4.78, 5) is 1.45. The zero-order valence-corrected chi connectivity index (χ0v) is 31.0. The summed E-state index contributed by atoms with van der Waals surface area (Å²) < 4.78 is 77.1. The van der Waals surface area contributed by atoms with Crippen molar-refractivity contribution in [2.24, 2.45) is 0 Å². The van der Waals surface area contributed by atoms with Gasteiger partial charge in [0.1, 0.15) is 0 Å². The average Bonchev–Trinajstić information content (AvgIpc) is 3.55. The zero-order chi connectivity index (χ0) is 44.6. The SMILES string of the molecule is [2H]c1c([2H])c(-c2cccc3ccccc23)c([2H])c(N(c2ccc3c(c2)C(C)(C)c2ccccc2-3)c2c([2H])c([2H])c(-c3cc(-c4ccccc4)cc(-c4ccccc4)c3)c([2H])c2[2H])c1[2H]. The van der Waals surface area contributed by atoms with E-state index < -0.39 is 17.5 Å². The Labute approximate surface area is 341 Å². The summed E-state index contributed by atoms with van der Waals surface area (Å²) in [6.45, 7) is 4.26. The largest absolute Gasteiger partial charge is 0.310 e. The van der Waals surface area contributed by atoms with Gasteiger partial charge in [-0.15, -0.1) is 0 Å². The predicted molar refractivity (Wildman–Crippen MR) is 238 cm³/mol. The molecule has 0 bridgehead atoms. The van der Waals surface area contributed by atoms with Crippen LogP contribution in [0.3, 0.4) is 0 Å². The maximum Gasteiger partial charge on any atom is 0.0651 e. The minimum absolute atomic E-state index is 0.107. The van der Waals surface area contributed by atoms with E-state index in [0.29, 0.717) is 16.8 Å². The van der Waals surface area contributed by atoms with Crippen molar-refractivity contribution in [2.75, 3.05) is 4.90 Å². The Morgan fingerprint density at radius 3 is 1.71 bits per heavy atom. The van der Waals surface area contributed by atoms with E-state index in [2.05, 4.69) is 32.0 Å². The Morgan fingerprint density at radius 2 is 0.982 bits per heavy atom. The molecule has 56 heavy (non-hydrogen) atoms. The highest BCUT2D eigenvalue weighted by Crippen LogP contribution is 2.51. The van der Waals surface area contributed by atoms with Gasteiger partial charge in [0, 0.05) is 22.5 Å². The summed E-state index contributed by atoms with van der Waals surface area (Å²) in [5.41, 5.74) is 8.61. The van der Waals surface area contributed by atoms with Crippen LogP contribution < -0.4 is 4.90 Å². The van der Waals surface area contributed by atoms with E-state index in [1.165, 1.54) is 4.90 Å². The van der Waals surface area contributed by atoms with E-state index in [-0.39, 0.29) is 58.8 Å². The number of hydrogen-bond donors (Lipinski definition) is 0. The topological polar surface area (TPSA) is 3.24 Å². The molecule has 0 aliphatic heterocycles. The van der Waals surface area contributed by atoms with E-state index in [0.717, 1.165) is 55.3 Å². The maximum absolute atomic E-state index is 9.96. The van der Waals surface area contributed by atoms with Crippen molar-refractivity contribution >= 4 is 27.8 Å². The van der Waals surface area contributed by atoms with E-state index in [4.69, 9.17) is 0 Å². The van der Waals surface area contributed by atoms with Crippen molar-refractivity contribution in [3.05, 3.63) is 223 Å². The molecule has 0 fully saturated rings. The van der Waals surface area contributed by atoms with Crippen LogP contribution in [0, 0.1) is 0 Å². The molecule has 0 N–H and O–H groups in total. The van der Waals surface area contributed by atoms with Crippen LogP contribution in [0.4, 0.5) is 17.1 Å². The third kappa shape index (κ3) is 5.90. The van der Waals surface area contributed by atoms with Crippen molar-refractivity contribution < 1.29 is 11.0 Å². The van der Waals surface area contributed by atoms with Gasteiger partial charge in [0.15, 0.2) is 0 Å². The van der Waals surface area contributed by atoms with Gasteiger partial charge < -0.3 is 4.90 Å². The fraction of sp³-hybridized carbons (Fsp3) is 0.0545. The Morgan fingerprint density at radius 1 is 0.393 bits per heavy atom. The van der Waals surface area contributed by atoms with E-state index in [1.807, 2.05) is 140 Å². The number of hydrogen-bond acceptors (Lipinski definition) is 1. The Kier molecular flexibility index (Phi) is 6.36. The smallest absolute Gasteiger partial charge is 0.0651 e. The highest BCUT2D eigenvalue weighted by atomic mass is 15.1. The van der Waals surface area contributed by atoms with Crippen molar-refractivity contribution in [3.63, 3.8) is 0 Å². The number of anilines is 3. The molecule has 266 valence electrons. The molecule has 0 heterocycles. The number of nitrogens with zero attached hydrogens (tertiary/aromatic N) is 1. The van der Waals surface area contributed by atoms with Gasteiger partial charge >= 0.3 is 0 Å². The molecule has 10 rings (SSSR count). The summed E-state index contributed by atoms with van der Waals surface area (Å²) in [5, 5.41) is 1.64. The molecule has 1 heteroatoms. The predicted octanol–water partition coefficient (Wildman–Crippen LogP) is 15.3. The van der Waals surface area contributed by atoms with Crippen molar-refractivity contribution in [1.82, 2.24) is 0 Å². The quantitative estimate of drug-likeness (QED) is 0.158. The van der Waals surface area contributed by atoms with E-state index >= 15 is 0 Å². The van der Waals surface area contributed by atoms with Gasteiger partial charge in [-0.1, -0.05) is 171 Å². The lowest BCUT2D eigenvalue weighted by Gasteiger charge is -2.28. The molecule has 0 amide bonds. The lowest BCUT2D eigenvalue weighted by atomic mass is 9.82. The third-order valence-corrected chi connectivity index (χ3v) is 11.0. The van der Waals surface area contributed by atoms with Gasteiger partial charge in [-0.25, -0.2) is 0 Å². The van der Waals surface area contributed by atoms with Gasteiger partial charge in [-0.2, -0.15) is 0 Å². The normalized spacial score (nSPS) is 14.6. The standard InChI is InChI=1S/C55H41N/c1-55(2)53-26-12-11-24-51(53)52-32-31-48(37-54(52)55)56(47-22-13-21-42(36-47)50-25-14-20-41-19-9-10-23-49(41)50)46-29-27-40(28-30-46)45-34-43(38-15-5-3-6-16-38)33-44(35-45)39-17-7-4-8-18-39/h3-37H,1-2H3/i13D,21D,22D,27D,28D,29D,30D,36D. The van der Waals surface area contributed by atoms with Crippen LogP contribution in [0.5, 0.6) is 0 Å². The minimum atomic E-state index is -0.472. The summed E-state index contributed by atoms with van der Waals surface area (Å²) in [7, 11) is 0. The fourth-order valence-corrected chi connectivity index (χ4v) is 8.15. The zero-order valence-electron chi connectivity index (χ0n) is 39.0. The number of fused-ring (bicyclic) bond motifs is 4. The van der Waals surface area contributed by atoms with Crippen LogP contribution in [-0.2, 0) is 5.41 Å². The lowest BCUT2D eigenvalue weighted by molar-refractivity contribution is 0.660. The first kappa shape index (κ1) is 26.0. The minimum Gasteiger partial charge on any atom is -0.310 e. The third-order valence-electron chi connectivity index (χ3n) is 11.0. The molecule has 0 saturated heterocycles. The van der Waals surface area contributed by atoms with Crippen molar-refractivity contribution in [1.29, 1.82) is 0 Å². The molecule has 0 atom stereocenters. The maximum atomic E-state index is 9.96. The summed E-state index contributed by atoms with van der Waals surface area (Å²) >= 11 is 0. The molecular formula is C55H41N.